The van der Waals surface area contributed by atoms with Gasteiger partial charge in [0.05, 0.1) is 16.6 Å². The van der Waals surface area contributed by atoms with Crippen LogP contribution in [-0.4, -0.2) is 15.0 Å². The third kappa shape index (κ3) is 2.97. The third-order valence-electron chi connectivity index (χ3n) is 5.91. The summed E-state index contributed by atoms with van der Waals surface area (Å²) in [7, 11) is 0. The van der Waals surface area contributed by atoms with E-state index in [1.807, 2.05) is 48.5 Å². The first-order valence-corrected chi connectivity index (χ1v) is 11.6. The number of nitrogens with zero attached hydrogens (tertiary/aromatic N) is 2. The normalized spacial score (nSPS) is 11.6. The van der Waals surface area contributed by atoms with Crippen LogP contribution in [0.4, 0.5) is 0 Å². The zero-order chi connectivity index (χ0) is 21.8. The fraction of sp³-hybridized carbons (Fsp3) is 0. The highest BCUT2D eigenvalue weighted by atomic mass is 32.1. The van der Waals surface area contributed by atoms with Gasteiger partial charge < -0.3 is 9.40 Å². The largest absolute Gasteiger partial charge is 0.436 e. The van der Waals surface area contributed by atoms with E-state index >= 15 is 0 Å². The quantitative estimate of drug-likeness (QED) is 0.302. The SMILES string of the molecule is c1cc(-c2nc3ccccc3[nH]2)c(-c2nc3ccccc3o2)c(-c2cc3ccccc3s2)c1. The van der Waals surface area contributed by atoms with Crippen molar-refractivity contribution in [3.63, 3.8) is 0 Å². The average molecular weight is 444 g/mol. The molecule has 33 heavy (non-hydrogen) atoms. The number of aromatic amines is 1. The lowest BCUT2D eigenvalue weighted by atomic mass is 9.98. The molecule has 0 saturated heterocycles. The maximum atomic E-state index is 6.28. The van der Waals surface area contributed by atoms with Crippen LogP contribution in [0.25, 0.3) is 65.5 Å². The molecule has 4 nitrogen and oxygen atoms in total. The lowest BCUT2D eigenvalue weighted by molar-refractivity contribution is 0.620. The van der Waals surface area contributed by atoms with Crippen LogP contribution in [0.3, 0.4) is 0 Å². The second kappa shape index (κ2) is 7.15. The van der Waals surface area contributed by atoms with E-state index in [9.17, 15) is 0 Å². The molecule has 0 saturated carbocycles. The standard InChI is InChI=1S/C28H17N3OS/c1-6-15-24-17(8-1)16-25(33-24)18-9-7-10-19(27-29-20-11-2-3-12-21(20)30-27)26(18)28-31-22-13-4-5-14-23(22)32-28/h1-16H,(H,29,30). The number of oxazole rings is 1. The minimum atomic E-state index is 0.597. The van der Waals surface area contributed by atoms with Crippen LogP contribution in [0.2, 0.25) is 0 Å². The molecule has 0 aliphatic heterocycles. The van der Waals surface area contributed by atoms with Gasteiger partial charge in [0.1, 0.15) is 11.3 Å². The summed E-state index contributed by atoms with van der Waals surface area (Å²) >= 11 is 1.77. The highest BCUT2D eigenvalue weighted by Crippen LogP contribution is 2.43. The van der Waals surface area contributed by atoms with Gasteiger partial charge in [0, 0.05) is 20.7 Å². The van der Waals surface area contributed by atoms with Crippen molar-refractivity contribution < 1.29 is 4.42 Å². The van der Waals surface area contributed by atoms with Crippen molar-refractivity contribution >= 4 is 43.6 Å². The van der Waals surface area contributed by atoms with Gasteiger partial charge in [-0.25, -0.2) is 9.97 Å². The first-order valence-electron chi connectivity index (χ1n) is 10.8. The average Bonchev–Trinajstić information content (AvgIpc) is 3.59. The number of rotatable bonds is 3. The number of fused-ring (bicyclic) bond motifs is 3. The van der Waals surface area contributed by atoms with Crippen LogP contribution >= 0.6 is 11.3 Å². The molecule has 0 radical (unpaired) electrons. The van der Waals surface area contributed by atoms with Crippen molar-refractivity contribution in [2.45, 2.75) is 0 Å². The monoisotopic (exact) mass is 443 g/mol. The van der Waals surface area contributed by atoms with Gasteiger partial charge in [-0.15, -0.1) is 11.3 Å². The van der Waals surface area contributed by atoms with Crippen molar-refractivity contribution in [3.8, 4) is 33.3 Å². The predicted molar refractivity (Wildman–Crippen MR) is 135 cm³/mol. The molecule has 0 aliphatic rings. The molecule has 0 unspecified atom stereocenters. The van der Waals surface area contributed by atoms with Gasteiger partial charge in [-0.2, -0.15) is 0 Å². The van der Waals surface area contributed by atoms with Crippen molar-refractivity contribution in [2.75, 3.05) is 0 Å². The highest BCUT2D eigenvalue weighted by Gasteiger charge is 2.22. The molecule has 0 amide bonds. The first kappa shape index (κ1) is 18.4. The number of benzene rings is 4. The molecule has 0 bridgehead atoms. The number of imidazole rings is 1. The Labute approximate surface area is 193 Å². The van der Waals surface area contributed by atoms with Gasteiger partial charge >= 0.3 is 0 Å². The summed E-state index contributed by atoms with van der Waals surface area (Å²) in [6.07, 6.45) is 0. The van der Waals surface area contributed by atoms with E-state index in [1.54, 1.807) is 11.3 Å². The fourth-order valence-electron chi connectivity index (χ4n) is 4.36. The number of nitrogens with one attached hydrogen (secondary N) is 1. The van der Waals surface area contributed by atoms with Crippen LogP contribution in [-0.2, 0) is 0 Å². The molecule has 0 fully saturated rings. The van der Waals surface area contributed by atoms with Crippen LogP contribution in [0.5, 0.6) is 0 Å². The highest BCUT2D eigenvalue weighted by molar-refractivity contribution is 7.22. The third-order valence-corrected chi connectivity index (χ3v) is 7.06. The van der Waals surface area contributed by atoms with Crippen LogP contribution < -0.4 is 0 Å². The van der Waals surface area contributed by atoms with Gasteiger partial charge in [0.25, 0.3) is 0 Å². The second-order valence-electron chi connectivity index (χ2n) is 7.97. The summed E-state index contributed by atoms with van der Waals surface area (Å²) in [6.45, 7) is 0. The van der Waals surface area contributed by atoms with Gasteiger partial charge in [0.15, 0.2) is 5.58 Å². The summed E-state index contributed by atoms with van der Waals surface area (Å²) in [5.74, 6) is 1.40. The van der Waals surface area contributed by atoms with E-state index in [0.717, 1.165) is 44.6 Å². The molecular formula is C28H17N3OS. The first-order chi connectivity index (χ1) is 16.3. The number of H-pyrrole nitrogens is 1. The van der Waals surface area contributed by atoms with E-state index in [4.69, 9.17) is 14.4 Å². The fourth-order valence-corrected chi connectivity index (χ4v) is 5.45. The Morgan fingerprint density at radius 3 is 2.36 bits per heavy atom. The van der Waals surface area contributed by atoms with Crippen molar-refractivity contribution in [2.24, 2.45) is 0 Å². The Morgan fingerprint density at radius 1 is 0.697 bits per heavy atom. The van der Waals surface area contributed by atoms with Crippen molar-refractivity contribution in [3.05, 3.63) is 97.1 Å². The van der Waals surface area contributed by atoms with E-state index in [-0.39, 0.29) is 0 Å². The number of para-hydroxylation sites is 4. The molecule has 156 valence electrons. The zero-order valence-corrected chi connectivity index (χ0v) is 18.3. The van der Waals surface area contributed by atoms with Gasteiger partial charge in [0.2, 0.25) is 5.89 Å². The lowest BCUT2D eigenvalue weighted by Gasteiger charge is -2.10. The molecule has 7 rings (SSSR count). The summed E-state index contributed by atoms with van der Waals surface area (Å²) in [4.78, 5) is 14.4. The predicted octanol–water partition coefficient (Wildman–Crippen LogP) is 7.92. The Hall–Kier alpha value is -4.22. The number of thiophene rings is 1. The summed E-state index contributed by atoms with van der Waals surface area (Å²) in [6, 6.07) is 33.0. The van der Waals surface area contributed by atoms with Crippen LogP contribution in [0.1, 0.15) is 0 Å². The van der Waals surface area contributed by atoms with E-state index < -0.39 is 0 Å². The number of aromatic nitrogens is 3. The van der Waals surface area contributed by atoms with Gasteiger partial charge in [-0.1, -0.05) is 60.7 Å². The minimum Gasteiger partial charge on any atom is -0.436 e. The molecule has 4 aromatic carbocycles. The van der Waals surface area contributed by atoms with Crippen molar-refractivity contribution in [1.29, 1.82) is 0 Å². The summed E-state index contributed by atoms with van der Waals surface area (Å²) in [5, 5.41) is 1.23. The summed E-state index contributed by atoms with van der Waals surface area (Å²) in [5.41, 5.74) is 6.54. The number of hydrogen-bond acceptors (Lipinski definition) is 4. The molecule has 0 aliphatic carbocycles. The molecule has 3 heterocycles. The van der Waals surface area contributed by atoms with E-state index in [1.165, 1.54) is 15.0 Å². The molecule has 0 atom stereocenters. The maximum absolute atomic E-state index is 6.28. The van der Waals surface area contributed by atoms with Crippen LogP contribution in [0.15, 0.2) is 101 Å². The second-order valence-corrected chi connectivity index (χ2v) is 9.05. The van der Waals surface area contributed by atoms with Crippen molar-refractivity contribution in [1.82, 2.24) is 15.0 Å². The zero-order valence-electron chi connectivity index (χ0n) is 17.4. The molecule has 0 spiro atoms. The van der Waals surface area contributed by atoms with Crippen LogP contribution in [0, 0.1) is 0 Å². The Kier molecular flexibility index (Phi) is 3.98. The Morgan fingerprint density at radius 2 is 1.48 bits per heavy atom. The smallest absolute Gasteiger partial charge is 0.228 e. The van der Waals surface area contributed by atoms with E-state index in [0.29, 0.717) is 5.89 Å². The Balaban J connectivity index is 1.54. The molecule has 3 aromatic heterocycles. The number of hydrogen-bond donors (Lipinski definition) is 1. The molecule has 5 heteroatoms. The van der Waals surface area contributed by atoms with E-state index in [2.05, 4.69) is 53.5 Å². The van der Waals surface area contributed by atoms with Gasteiger partial charge in [-0.05, 0) is 41.8 Å². The molecular weight excluding hydrogens is 426 g/mol. The Bertz CT molecular complexity index is 1600. The molecule has 7 aromatic rings. The minimum absolute atomic E-state index is 0.597. The topological polar surface area (TPSA) is 54.7 Å². The lowest BCUT2D eigenvalue weighted by Crippen LogP contribution is -1.91. The maximum Gasteiger partial charge on any atom is 0.228 e. The molecule has 1 N–H and O–H groups in total. The van der Waals surface area contributed by atoms with Gasteiger partial charge in [-0.3, -0.25) is 0 Å². The summed E-state index contributed by atoms with van der Waals surface area (Å²) < 4.78 is 7.53.